The van der Waals surface area contributed by atoms with Crippen molar-refractivity contribution in [2.75, 3.05) is 46.5 Å². The number of nitrogens with one attached hydrogen (secondary N) is 2. The number of rotatable bonds is 7. The molecule has 1 aliphatic heterocycles. The van der Waals surface area contributed by atoms with E-state index in [9.17, 15) is 8.42 Å². The van der Waals surface area contributed by atoms with E-state index in [0.29, 0.717) is 19.6 Å². The maximum absolute atomic E-state index is 12.0. The largest absolute Gasteiger partial charge is 0.354 e. The normalized spacial score (nSPS) is 17.7. The first-order chi connectivity index (χ1) is 13.3. The molecular formula is C19H33ClIN5O2S. The summed E-state index contributed by atoms with van der Waals surface area (Å²) in [6.07, 6.45) is 1.54. The monoisotopic (exact) mass is 557 g/mol. The molecule has 1 atom stereocenters. The van der Waals surface area contributed by atoms with Crippen molar-refractivity contribution in [3.8, 4) is 0 Å². The highest BCUT2D eigenvalue weighted by molar-refractivity contribution is 14.0. The van der Waals surface area contributed by atoms with Crippen molar-refractivity contribution in [2.45, 2.75) is 31.8 Å². The lowest BCUT2D eigenvalue weighted by atomic mass is 10.1. The number of likely N-dealkylation sites (N-methyl/N-ethyl adjacent to an activating group) is 1. The summed E-state index contributed by atoms with van der Waals surface area (Å²) in [6.45, 7) is 3.48. The molecule has 10 heteroatoms. The quantitative estimate of drug-likeness (QED) is 0.306. The van der Waals surface area contributed by atoms with Crippen molar-refractivity contribution in [1.82, 2.24) is 19.8 Å². The minimum absolute atomic E-state index is 0. The van der Waals surface area contributed by atoms with Crippen LogP contribution in [0.3, 0.4) is 0 Å². The lowest BCUT2D eigenvalue weighted by Crippen LogP contribution is -2.50. The van der Waals surface area contributed by atoms with Crippen LogP contribution in [0.4, 0.5) is 0 Å². The van der Waals surface area contributed by atoms with E-state index >= 15 is 0 Å². The number of hydrogen-bond donors (Lipinski definition) is 2. The number of aliphatic imine (C=N–C) groups is 1. The third-order valence-electron chi connectivity index (χ3n) is 5.12. The average molecular weight is 558 g/mol. The summed E-state index contributed by atoms with van der Waals surface area (Å²) < 4.78 is 25.6. The summed E-state index contributed by atoms with van der Waals surface area (Å²) in [4.78, 5) is 6.48. The molecule has 1 saturated heterocycles. The smallest absolute Gasteiger partial charge is 0.213 e. The number of benzene rings is 1. The van der Waals surface area contributed by atoms with E-state index in [1.165, 1.54) is 5.56 Å². The minimum Gasteiger partial charge on any atom is -0.354 e. The zero-order valence-corrected chi connectivity index (χ0v) is 21.5. The van der Waals surface area contributed by atoms with Gasteiger partial charge in [-0.15, -0.1) is 24.0 Å². The highest BCUT2D eigenvalue weighted by atomic mass is 127. The topological polar surface area (TPSA) is 77.0 Å². The van der Waals surface area contributed by atoms with Crippen LogP contribution in [0.15, 0.2) is 29.3 Å². The molecule has 1 heterocycles. The Morgan fingerprint density at radius 2 is 1.86 bits per heavy atom. The lowest BCUT2D eigenvalue weighted by Gasteiger charge is -2.32. The van der Waals surface area contributed by atoms with Gasteiger partial charge in [0.05, 0.1) is 11.8 Å². The van der Waals surface area contributed by atoms with Crippen molar-refractivity contribution in [1.29, 1.82) is 0 Å². The molecule has 0 bridgehead atoms. The van der Waals surface area contributed by atoms with Gasteiger partial charge in [0, 0.05) is 37.7 Å². The first kappa shape index (κ1) is 26.4. The summed E-state index contributed by atoms with van der Waals surface area (Å²) in [6, 6.07) is 8.26. The molecule has 29 heavy (non-hydrogen) atoms. The van der Waals surface area contributed by atoms with Gasteiger partial charge in [-0.3, -0.25) is 4.99 Å². The first-order valence-electron chi connectivity index (χ1n) is 9.63. The van der Waals surface area contributed by atoms with Gasteiger partial charge in [0.1, 0.15) is 0 Å². The third kappa shape index (κ3) is 7.86. The number of hydrogen-bond acceptors (Lipinski definition) is 4. The fraction of sp³-hybridized carbons (Fsp3) is 0.632. The van der Waals surface area contributed by atoms with Crippen LogP contribution in [0, 0.1) is 0 Å². The molecule has 0 radical (unpaired) electrons. The van der Waals surface area contributed by atoms with Crippen LogP contribution in [-0.2, 0) is 10.0 Å². The summed E-state index contributed by atoms with van der Waals surface area (Å²) in [5, 5.41) is 7.55. The van der Waals surface area contributed by atoms with Crippen molar-refractivity contribution >= 4 is 51.6 Å². The van der Waals surface area contributed by atoms with Crippen molar-refractivity contribution in [2.24, 2.45) is 4.99 Å². The first-order valence-corrected chi connectivity index (χ1v) is 11.6. The maximum Gasteiger partial charge on any atom is 0.213 e. The number of guanidine groups is 1. The van der Waals surface area contributed by atoms with Crippen LogP contribution < -0.4 is 10.6 Å². The van der Waals surface area contributed by atoms with E-state index in [2.05, 4.69) is 20.5 Å². The van der Waals surface area contributed by atoms with Gasteiger partial charge in [-0.25, -0.2) is 12.7 Å². The molecule has 0 aliphatic carbocycles. The van der Waals surface area contributed by atoms with Crippen LogP contribution in [0.25, 0.3) is 0 Å². The van der Waals surface area contributed by atoms with Crippen LogP contribution in [0.2, 0.25) is 5.02 Å². The molecule has 1 unspecified atom stereocenters. The summed E-state index contributed by atoms with van der Waals surface area (Å²) in [5.41, 5.74) is 1.18. The van der Waals surface area contributed by atoms with Gasteiger partial charge < -0.3 is 15.5 Å². The predicted molar refractivity (Wildman–Crippen MR) is 132 cm³/mol. The molecule has 166 valence electrons. The standard InChI is InChI=1S/C19H32ClN5O2S.HI/c1-5-28(26,27)25-12-10-17(11-13-25)23-19(21-2)22-14-18(24(3)4)15-6-8-16(20)9-7-15;/h6-9,17-18H,5,10-14H2,1-4H3,(H2,21,22,23);1H. The van der Waals surface area contributed by atoms with E-state index in [1.807, 2.05) is 38.4 Å². The van der Waals surface area contributed by atoms with Crippen LogP contribution >= 0.6 is 35.6 Å². The second-order valence-corrected chi connectivity index (χ2v) is 9.90. The van der Waals surface area contributed by atoms with Crippen LogP contribution in [-0.4, -0.2) is 76.2 Å². The van der Waals surface area contributed by atoms with Gasteiger partial charge in [0.15, 0.2) is 5.96 Å². The van der Waals surface area contributed by atoms with E-state index in [0.717, 1.165) is 23.8 Å². The van der Waals surface area contributed by atoms with Gasteiger partial charge in [-0.2, -0.15) is 0 Å². The zero-order valence-electron chi connectivity index (χ0n) is 17.6. The minimum atomic E-state index is -3.10. The van der Waals surface area contributed by atoms with Crippen molar-refractivity contribution in [3.05, 3.63) is 34.9 Å². The van der Waals surface area contributed by atoms with E-state index in [-0.39, 0.29) is 41.8 Å². The van der Waals surface area contributed by atoms with E-state index < -0.39 is 10.0 Å². The Balaban J connectivity index is 0.00000420. The zero-order chi connectivity index (χ0) is 20.7. The van der Waals surface area contributed by atoms with Gasteiger partial charge >= 0.3 is 0 Å². The Kier molecular flexibility index (Phi) is 11.2. The molecule has 7 nitrogen and oxygen atoms in total. The number of halogens is 2. The Bertz CT molecular complexity index is 750. The highest BCUT2D eigenvalue weighted by Crippen LogP contribution is 2.20. The lowest BCUT2D eigenvalue weighted by molar-refractivity contribution is 0.293. The molecule has 2 N–H and O–H groups in total. The molecule has 1 aromatic rings. The maximum atomic E-state index is 12.0. The molecular weight excluding hydrogens is 525 g/mol. The van der Waals surface area contributed by atoms with Gasteiger partial charge in [0.25, 0.3) is 0 Å². The second-order valence-electron chi connectivity index (χ2n) is 7.20. The van der Waals surface area contributed by atoms with Crippen LogP contribution in [0.1, 0.15) is 31.4 Å². The van der Waals surface area contributed by atoms with E-state index in [1.54, 1.807) is 18.3 Å². The van der Waals surface area contributed by atoms with Gasteiger partial charge in [-0.05, 0) is 51.6 Å². The molecule has 0 aromatic heterocycles. The molecule has 0 spiro atoms. The van der Waals surface area contributed by atoms with Gasteiger partial charge in [0.2, 0.25) is 10.0 Å². The summed E-state index contributed by atoms with van der Waals surface area (Å²) >= 11 is 6.00. The molecule has 1 fully saturated rings. The molecule has 1 aliphatic rings. The Hall–Kier alpha value is -0.620. The number of piperidine rings is 1. The Morgan fingerprint density at radius 3 is 2.34 bits per heavy atom. The molecule has 0 saturated carbocycles. The van der Waals surface area contributed by atoms with Crippen molar-refractivity contribution in [3.63, 3.8) is 0 Å². The van der Waals surface area contributed by atoms with E-state index in [4.69, 9.17) is 11.6 Å². The van der Waals surface area contributed by atoms with Crippen LogP contribution in [0.5, 0.6) is 0 Å². The Morgan fingerprint density at radius 1 is 1.28 bits per heavy atom. The fourth-order valence-corrected chi connectivity index (χ4v) is 4.58. The molecule has 2 rings (SSSR count). The average Bonchev–Trinajstić information content (AvgIpc) is 2.68. The second kappa shape index (κ2) is 12.3. The SMILES string of the molecule is CCS(=O)(=O)N1CCC(NC(=NC)NCC(c2ccc(Cl)cc2)N(C)C)CC1.I. The molecule has 0 amide bonds. The number of nitrogens with zero attached hydrogens (tertiary/aromatic N) is 3. The summed E-state index contributed by atoms with van der Waals surface area (Å²) in [7, 11) is 2.74. The van der Waals surface area contributed by atoms with Gasteiger partial charge in [-0.1, -0.05) is 23.7 Å². The third-order valence-corrected chi connectivity index (χ3v) is 7.25. The fourth-order valence-electron chi connectivity index (χ4n) is 3.33. The predicted octanol–water partition coefficient (Wildman–Crippen LogP) is 2.54. The molecule has 1 aromatic carbocycles. The highest BCUT2D eigenvalue weighted by Gasteiger charge is 2.27. The summed E-state index contributed by atoms with van der Waals surface area (Å²) in [5.74, 6) is 0.892. The number of sulfonamides is 1. The Labute approximate surface area is 197 Å². The van der Waals surface area contributed by atoms with Crippen molar-refractivity contribution < 1.29 is 8.42 Å².